The van der Waals surface area contributed by atoms with Crippen LogP contribution in [0.3, 0.4) is 0 Å². The number of hydrogen-bond acceptors (Lipinski definition) is 6. The van der Waals surface area contributed by atoms with Crippen LogP contribution in [0.15, 0.2) is 17.5 Å². The number of ether oxygens (including phenoxy) is 1. The summed E-state index contributed by atoms with van der Waals surface area (Å²) in [7, 11) is 0. The number of nitrogens with zero attached hydrogens (tertiary/aromatic N) is 6. The molecule has 3 heterocycles. The summed E-state index contributed by atoms with van der Waals surface area (Å²) in [4.78, 5) is 6.42. The Morgan fingerprint density at radius 1 is 1.71 bits per heavy atom. The highest BCUT2D eigenvalue weighted by atomic mass is 19.1. The molecule has 3 N–H and O–H groups in total. The summed E-state index contributed by atoms with van der Waals surface area (Å²) in [5.74, 6) is -0.535. The Balaban J connectivity index is 2.03. The highest BCUT2D eigenvalue weighted by Crippen LogP contribution is 2.41. The number of hydrogen-bond donors (Lipinski definition) is 2. The monoisotopic (exact) mass is 293 g/mol. The Hall–Kier alpha value is -2.42. The lowest BCUT2D eigenvalue weighted by atomic mass is 10.1. The number of azide groups is 1. The van der Waals surface area contributed by atoms with Crippen molar-refractivity contribution in [3.63, 3.8) is 0 Å². The van der Waals surface area contributed by atoms with Gasteiger partial charge in [0, 0.05) is 11.0 Å². The van der Waals surface area contributed by atoms with Gasteiger partial charge in [0.25, 0.3) is 0 Å². The molecule has 1 aliphatic heterocycles. The van der Waals surface area contributed by atoms with Crippen molar-refractivity contribution in [2.45, 2.75) is 24.7 Å². The van der Waals surface area contributed by atoms with Gasteiger partial charge in [-0.3, -0.25) is 0 Å². The predicted molar refractivity (Wildman–Crippen MR) is 69.4 cm³/mol. The highest BCUT2D eigenvalue weighted by Gasteiger charge is 2.41. The van der Waals surface area contributed by atoms with Crippen molar-refractivity contribution >= 4 is 11.3 Å². The van der Waals surface area contributed by atoms with Gasteiger partial charge in [0.15, 0.2) is 17.4 Å². The van der Waals surface area contributed by atoms with Gasteiger partial charge in [0.1, 0.15) is 17.9 Å². The summed E-state index contributed by atoms with van der Waals surface area (Å²) in [5.41, 5.74) is 13.4. The molecule has 0 spiro atoms. The molecule has 2 aromatic heterocycles. The average molecular weight is 293 g/mol. The van der Waals surface area contributed by atoms with Gasteiger partial charge >= 0.3 is 0 Å². The van der Waals surface area contributed by atoms with E-state index in [-0.39, 0.29) is 11.3 Å². The molecule has 110 valence electrons. The Kier molecular flexibility index (Phi) is 3.13. The van der Waals surface area contributed by atoms with E-state index >= 15 is 0 Å². The van der Waals surface area contributed by atoms with E-state index in [0.717, 1.165) is 0 Å². The summed E-state index contributed by atoms with van der Waals surface area (Å²) in [6.45, 7) is -0.448. The first kappa shape index (κ1) is 13.6. The van der Waals surface area contributed by atoms with E-state index in [1.165, 1.54) is 16.9 Å². The fraction of sp³-hybridized carbons (Fsp3) is 0.455. The normalized spacial score (nSPS) is 25.1. The minimum atomic E-state index is -1.32. The molecule has 2 aromatic rings. The molecule has 0 saturated carbocycles. The van der Waals surface area contributed by atoms with Gasteiger partial charge in [-0.05, 0) is 18.4 Å². The van der Waals surface area contributed by atoms with Crippen molar-refractivity contribution in [1.29, 1.82) is 0 Å². The topological polar surface area (TPSA) is 134 Å². The zero-order valence-corrected chi connectivity index (χ0v) is 10.8. The fourth-order valence-corrected chi connectivity index (χ4v) is 2.53. The van der Waals surface area contributed by atoms with Crippen LogP contribution in [0.5, 0.6) is 0 Å². The quantitative estimate of drug-likeness (QED) is 0.499. The predicted octanol–water partition coefficient (Wildman–Crippen LogP) is 1.30. The molecule has 0 radical (unpaired) electrons. The van der Waals surface area contributed by atoms with Crippen LogP contribution in [-0.4, -0.2) is 32.0 Å². The second-order valence-electron chi connectivity index (χ2n) is 4.76. The van der Waals surface area contributed by atoms with Crippen molar-refractivity contribution in [2.24, 2.45) is 5.11 Å². The molecule has 3 rings (SSSR count). The van der Waals surface area contributed by atoms with Gasteiger partial charge < -0.3 is 15.6 Å². The molecule has 0 aliphatic carbocycles. The molecule has 0 unspecified atom stereocenters. The van der Waals surface area contributed by atoms with Gasteiger partial charge in [-0.1, -0.05) is 5.11 Å². The number of aliphatic hydroxyl groups excluding tert-OH is 1. The first-order chi connectivity index (χ1) is 10.1. The van der Waals surface area contributed by atoms with Gasteiger partial charge in [0.2, 0.25) is 0 Å². The first-order valence-corrected chi connectivity index (χ1v) is 6.23. The molecular weight excluding hydrogens is 281 g/mol. The van der Waals surface area contributed by atoms with E-state index in [0.29, 0.717) is 18.5 Å². The van der Waals surface area contributed by atoms with E-state index in [1.54, 1.807) is 0 Å². The van der Waals surface area contributed by atoms with Crippen LogP contribution in [0.2, 0.25) is 0 Å². The fourth-order valence-electron chi connectivity index (χ4n) is 2.53. The molecular formula is C11H12FN7O2. The Labute approximate surface area is 117 Å². The molecule has 1 aliphatic rings. The maximum atomic E-state index is 14.0. The largest absolute Gasteiger partial charge is 0.393 e. The highest BCUT2D eigenvalue weighted by molar-refractivity contribution is 5.66. The number of nitrogen functional groups attached to an aromatic ring is 1. The lowest BCUT2D eigenvalue weighted by molar-refractivity contribution is -0.0713. The Morgan fingerprint density at radius 2 is 2.52 bits per heavy atom. The van der Waals surface area contributed by atoms with Crippen molar-refractivity contribution in [3.05, 3.63) is 34.3 Å². The molecule has 9 nitrogen and oxygen atoms in total. The van der Waals surface area contributed by atoms with E-state index in [9.17, 15) is 9.50 Å². The Morgan fingerprint density at radius 3 is 3.24 bits per heavy atom. The van der Waals surface area contributed by atoms with E-state index < -0.39 is 24.3 Å². The summed E-state index contributed by atoms with van der Waals surface area (Å²) in [6, 6.07) is 1.26. The van der Waals surface area contributed by atoms with Crippen LogP contribution in [0.1, 0.15) is 24.6 Å². The van der Waals surface area contributed by atoms with Crippen LogP contribution in [0.4, 0.5) is 10.2 Å². The van der Waals surface area contributed by atoms with Gasteiger partial charge in [-0.25, -0.2) is 13.9 Å². The van der Waals surface area contributed by atoms with Crippen molar-refractivity contribution in [3.8, 4) is 0 Å². The van der Waals surface area contributed by atoms with Crippen LogP contribution in [0.25, 0.3) is 16.0 Å². The molecule has 10 heteroatoms. The van der Waals surface area contributed by atoms with Crippen LogP contribution in [0, 0.1) is 5.82 Å². The van der Waals surface area contributed by atoms with Crippen LogP contribution >= 0.6 is 0 Å². The smallest absolute Gasteiger partial charge is 0.170 e. The SMILES string of the molecule is [N-]=[N+]=N[C@@]1(CO)CC[C@H](c2cc(F)c3c(N)ncnn23)O1. The zero-order valence-electron chi connectivity index (χ0n) is 10.8. The molecule has 2 atom stereocenters. The average Bonchev–Trinajstić information content (AvgIpc) is 3.03. The van der Waals surface area contributed by atoms with Crippen molar-refractivity contribution in [2.75, 3.05) is 12.3 Å². The lowest BCUT2D eigenvalue weighted by Crippen LogP contribution is -2.29. The molecule has 21 heavy (non-hydrogen) atoms. The molecule has 0 bridgehead atoms. The van der Waals surface area contributed by atoms with Crippen LogP contribution < -0.4 is 5.73 Å². The number of fused-ring (bicyclic) bond motifs is 1. The number of halogens is 1. The van der Waals surface area contributed by atoms with Gasteiger partial charge in [0.05, 0.1) is 12.3 Å². The summed E-state index contributed by atoms with van der Waals surface area (Å²) in [6.07, 6.45) is 1.43. The summed E-state index contributed by atoms with van der Waals surface area (Å²) < 4.78 is 20.9. The van der Waals surface area contributed by atoms with Gasteiger partial charge in [-0.15, -0.1) is 0 Å². The second-order valence-corrected chi connectivity index (χ2v) is 4.76. The number of rotatable bonds is 3. The Bertz CT molecular complexity index is 741. The lowest BCUT2D eigenvalue weighted by Gasteiger charge is -2.21. The van der Waals surface area contributed by atoms with E-state index in [1.807, 2.05) is 0 Å². The summed E-state index contributed by atoms with van der Waals surface area (Å²) in [5, 5.41) is 16.8. The van der Waals surface area contributed by atoms with E-state index in [4.69, 9.17) is 16.0 Å². The number of nitrogens with two attached hydrogens (primary N) is 1. The van der Waals surface area contributed by atoms with E-state index in [2.05, 4.69) is 20.1 Å². The maximum Gasteiger partial charge on any atom is 0.170 e. The molecule has 1 fully saturated rings. The minimum Gasteiger partial charge on any atom is -0.393 e. The van der Waals surface area contributed by atoms with Crippen molar-refractivity contribution < 1.29 is 14.2 Å². The summed E-state index contributed by atoms with van der Waals surface area (Å²) >= 11 is 0. The van der Waals surface area contributed by atoms with Crippen molar-refractivity contribution in [1.82, 2.24) is 14.6 Å². The molecule has 1 saturated heterocycles. The number of aliphatic hydroxyl groups is 1. The number of anilines is 1. The minimum absolute atomic E-state index is 0.0233. The molecule has 0 amide bonds. The number of aromatic nitrogens is 3. The second kappa shape index (κ2) is 4.85. The third kappa shape index (κ3) is 2.05. The third-order valence-corrected chi connectivity index (χ3v) is 3.53. The zero-order chi connectivity index (χ0) is 15.0. The standard InChI is InChI=1S/C11H12FN7O2/c12-6-3-7(19-9(6)10(13)15-5-16-19)8-1-2-11(4-20,21-8)17-18-14/h3,5,8,20H,1-2,4H2,(H2,13,15,16)/t8-,11+/m1/s1. The van der Waals surface area contributed by atoms with Gasteiger partial charge in [-0.2, -0.15) is 5.10 Å². The third-order valence-electron chi connectivity index (χ3n) is 3.53. The maximum absolute atomic E-state index is 14.0. The molecule has 0 aromatic carbocycles. The first-order valence-electron chi connectivity index (χ1n) is 6.23. The van der Waals surface area contributed by atoms with Crippen LogP contribution in [-0.2, 0) is 4.74 Å².